The Morgan fingerprint density at radius 2 is 2.00 bits per heavy atom. The first-order valence-electron chi connectivity index (χ1n) is 9.77. The summed E-state index contributed by atoms with van der Waals surface area (Å²) in [4.78, 5) is 24.7. The van der Waals surface area contributed by atoms with Gasteiger partial charge < -0.3 is 20.4 Å². The van der Waals surface area contributed by atoms with E-state index >= 15 is 0 Å². The van der Waals surface area contributed by atoms with Crippen molar-refractivity contribution >= 4 is 41.7 Å². The van der Waals surface area contributed by atoms with Crippen molar-refractivity contribution in [1.82, 2.24) is 20.5 Å². The van der Waals surface area contributed by atoms with E-state index in [1.807, 2.05) is 6.20 Å². The molecule has 1 saturated heterocycles. The van der Waals surface area contributed by atoms with Crippen molar-refractivity contribution in [3.05, 3.63) is 23.9 Å². The van der Waals surface area contributed by atoms with E-state index in [4.69, 9.17) is 0 Å². The Balaban J connectivity index is 0.00000392. The van der Waals surface area contributed by atoms with Gasteiger partial charge in [0.1, 0.15) is 12.4 Å². The molecule has 0 aromatic carbocycles. The van der Waals surface area contributed by atoms with E-state index in [2.05, 4.69) is 58.4 Å². The minimum absolute atomic E-state index is 0. The average molecular weight is 502 g/mol. The lowest BCUT2D eigenvalue weighted by molar-refractivity contribution is -0.127. The number of carbonyl (C=O) groups excluding carboxylic acids is 1. The molecular formula is C20H35IN6O. The van der Waals surface area contributed by atoms with Crippen LogP contribution in [0, 0.1) is 12.8 Å². The minimum atomic E-state index is 0. The average Bonchev–Trinajstić information content (AvgIpc) is 2.64. The highest BCUT2D eigenvalue weighted by Gasteiger charge is 2.21. The number of nitrogens with one attached hydrogen (secondary N) is 2. The molecule has 0 bridgehead atoms. The molecule has 1 fully saturated rings. The SMILES string of the molecule is Cc1ccc(N2CCC(NC(=NCC(=O)N(C)C)NCC(C)C)CC2)nc1.I. The highest BCUT2D eigenvalue weighted by molar-refractivity contribution is 14.0. The third kappa shape index (κ3) is 8.20. The molecule has 0 aliphatic carbocycles. The molecule has 0 saturated carbocycles. The van der Waals surface area contributed by atoms with Crippen molar-refractivity contribution in [2.75, 3.05) is 45.2 Å². The number of nitrogens with zero attached hydrogens (tertiary/aromatic N) is 4. The van der Waals surface area contributed by atoms with Crippen LogP contribution in [0.2, 0.25) is 0 Å². The van der Waals surface area contributed by atoms with Gasteiger partial charge in [0.15, 0.2) is 5.96 Å². The first kappa shape index (κ1) is 24.5. The van der Waals surface area contributed by atoms with E-state index < -0.39 is 0 Å². The molecule has 2 rings (SSSR count). The number of anilines is 1. The summed E-state index contributed by atoms with van der Waals surface area (Å²) in [5.74, 6) is 2.28. The Labute approximate surface area is 186 Å². The van der Waals surface area contributed by atoms with Crippen LogP contribution in [-0.4, -0.2) is 68.1 Å². The number of aryl methyl sites for hydroxylation is 1. The summed E-state index contributed by atoms with van der Waals surface area (Å²) in [5, 5.41) is 6.86. The third-order valence-electron chi connectivity index (χ3n) is 4.60. The summed E-state index contributed by atoms with van der Waals surface area (Å²) in [5.41, 5.74) is 1.18. The second-order valence-corrected chi connectivity index (χ2v) is 7.83. The number of hydrogen-bond donors (Lipinski definition) is 2. The summed E-state index contributed by atoms with van der Waals surface area (Å²) < 4.78 is 0. The van der Waals surface area contributed by atoms with E-state index in [0.29, 0.717) is 12.0 Å². The lowest BCUT2D eigenvalue weighted by Gasteiger charge is -2.34. The zero-order valence-corrected chi connectivity index (χ0v) is 20.1. The maximum absolute atomic E-state index is 11.9. The maximum Gasteiger partial charge on any atom is 0.243 e. The van der Waals surface area contributed by atoms with Gasteiger partial charge in [-0.3, -0.25) is 4.79 Å². The van der Waals surface area contributed by atoms with Crippen molar-refractivity contribution < 1.29 is 4.79 Å². The first-order chi connectivity index (χ1) is 12.8. The van der Waals surface area contributed by atoms with Crippen LogP contribution in [0.1, 0.15) is 32.3 Å². The Morgan fingerprint density at radius 1 is 1.32 bits per heavy atom. The molecule has 158 valence electrons. The van der Waals surface area contributed by atoms with Gasteiger partial charge in [-0.2, -0.15) is 0 Å². The molecule has 0 radical (unpaired) electrons. The summed E-state index contributed by atoms with van der Waals surface area (Å²) in [7, 11) is 3.50. The summed E-state index contributed by atoms with van der Waals surface area (Å²) in [6.45, 7) is 9.27. The minimum Gasteiger partial charge on any atom is -0.356 e. The van der Waals surface area contributed by atoms with E-state index in [0.717, 1.165) is 44.3 Å². The van der Waals surface area contributed by atoms with Gasteiger partial charge in [0, 0.05) is 46.0 Å². The van der Waals surface area contributed by atoms with Gasteiger partial charge in [-0.25, -0.2) is 9.98 Å². The van der Waals surface area contributed by atoms with Gasteiger partial charge in [-0.15, -0.1) is 24.0 Å². The molecule has 2 N–H and O–H groups in total. The standard InChI is InChI=1S/C20H34N6O.HI/c1-15(2)12-22-20(23-14-19(27)25(4)5)24-17-8-10-26(11-9-17)18-7-6-16(3)13-21-18;/h6-7,13,15,17H,8-12,14H2,1-5H3,(H2,22,23,24);1H. The fourth-order valence-electron chi connectivity index (χ4n) is 2.83. The molecule has 0 spiro atoms. The van der Waals surface area contributed by atoms with E-state index in [-0.39, 0.29) is 36.4 Å². The second-order valence-electron chi connectivity index (χ2n) is 7.83. The highest BCUT2D eigenvalue weighted by Crippen LogP contribution is 2.18. The predicted molar refractivity (Wildman–Crippen MR) is 127 cm³/mol. The Kier molecular flexibility index (Phi) is 10.6. The van der Waals surface area contributed by atoms with Crippen LogP contribution in [0.25, 0.3) is 0 Å². The van der Waals surface area contributed by atoms with Crippen molar-refractivity contribution in [2.45, 2.75) is 39.7 Å². The predicted octanol–water partition coefficient (Wildman–Crippen LogP) is 2.26. The fraction of sp³-hybridized carbons (Fsp3) is 0.650. The van der Waals surface area contributed by atoms with Crippen LogP contribution in [0.5, 0.6) is 0 Å². The molecule has 0 unspecified atom stereocenters. The molecule has 1 amide bonds. The topological polar surface area (TPSA) is 72.9 Å². The van der Waals surface area contributed by atoms with Crippen LogP contribution in [0.15, 0.2) is 23.3 Å². The zero-order valence-electron chi connectivity index (χ0n) is 17.7. The second kappa shape index (κ2) is 12.1. The number of carbonyl (C=O) groups is 1. The largest absolute Gasteiger partial charge is 0.356 e. The van der Waals surface area contributed by atoms with Crippen LogP contribution >= 0.6 is 24.0 Å². The highest BCUT2D eigenvalue weighted by atomic mass is 127. The number of aromatic nitrogens is 1. The van der Waals surface area contributed by atoms with Crippen molar-refractivity contribution in [1.29, 1.82) is 0 Å². The van der Waals surface area contributed by atoms with Crippen LogP contribution in [0.3, 0.4) is 0 Å². The molecule has 8 heteroatoms. The van der Waals surface area contributed by atoms with Gasteiger partial charge >= 0.3 is 0 Å². The van der Waals surface area contributed by atoms with E-state index in [9.17, 15) is 4.79 Å². The lowest BCUT2D eigenvalue weighted by atomic mass is 10.1. The molecule has 1 aliphatic rings. The Bertz CT molecular complexity index is 624. The van der Waals surface area contributed by atoms with Crippen molar-refractivity contribution in [3.8, 4) is 0 Å². The molecule has 1 aromatic heterocycles. The number of hydrogen-bond acceptors (Lipinski definition) is 4. The maximum atomic E-state index is 11.9. The third-order valence-corrected chi connectivity index (χ3v) is 4.60. The lowest BCUT2D eigenvalue weighted by Crippen LogP contribution is -2.49. The number of halogens is 1. The number of rotatable bonds is 6. The molecule has 1 aromatic rings. The van der Waals surface area contributed by atoms with Crippen LogP contribution < -0.4 is 15.5 Å². The fourth-order valence-corrected chi connectivity index (χ4v) is 2.83. The molecule has 0 atom stereocenters. The Morgan fingerprint density at radius 3 is 2.54 bits per heavy atom. The quantitative estimate of drug-likeness (QED) is 0.355. The summed E-state index contributed by atoms with van der Waals surface area (Å²) in [6, 6.07) is 4.54. The number of pyridine rings is 1. The van der Waals surface area contributed by atoms with Crippen LogP contribution in [-0.2, 0) is 4.79 Å². The molecule has 1 aliphatic heterocycles. The number of aliphatic imine (C=N–C) groups is 1. The number of piperidine rings is 1. The normalized spacial score (nSPS) is 15.2. The van der Waals surface area contributed by atoms with Gasteiger partial charge in [-0.05, 0) is 37.3 Å². The Hall–Kier alpha value is -1.58. The van der Waals surface area contributed by atoms with Gasteiger partial charge in [0.2, 0.25) is 5.91 Å². The van der Waals surface area contributed by atoms with Gasteiger partial charge in [0.25, 0.3) is 0 Å². The smallest absolute Gasteiger partial charge is 0.243 e. The van der Waals surface area contributed by atoms with E-state index in [1.54, 1.807) is 19.0 Å². The summed E-state index contributed by atoms with van der Waals surface area (Å²) in [6.07, 6.45) is 3.95. The summed E-state index contributed by atoms with van der Waals surface area (Å²) >= 11 is 0. The van der Waals surface area contributed by atoms with Crippen molar-refractivity contribution in [2.24, 2.45) is 10.9 Å². The first-order valence-corrected chi connectivity index (χ1v) is 9.77. The van der Waals surface area contributed by atoms with Crippen LogP contribution in [0.4, 0.5) is 5.82 Å². The molecule has 2 heterocycles. The molecule has 7 nitrogen and oxygen atoms in total. The van der Waals surface area contributed by atoms with E-state index in [1.165, 1.54) is 5.56 Å². The molecule has 28 heavy (non-hydrogen) atoms. The van der Waals surface area contributed by atoms with Gasteiger partial charge in [-0.1, -0.05) is 19.9 Å². The molecular weight excluding hydrogens is 467 g/mol. The monoisotopic (exact) mass is 502 g/mol. The number of guanidine groups is 1. The zero-order chi connectivity index (χ0) is 19.8. The number of likely N-dealkylation sites (N-methyl/N-ethyl adjacent to an activating group) is 1. The number of amides is 1. The van der Waals surface area contributed by atoms with Gasteiger partial charge in [0.05, 0.1) is 0 Å². The van der Waals surface area contributed by atoms with Crippen molar-refractivity contribution in [3.63, 3.8) is 0 Å².